The van der Waals surface area contributed by atoms with Gasteiger partial charge in [0.2, 0.25) is 0 Å². The molecular weight excluding hydrogens is 212 g/mol. The summed E-state index contributed by atoms with van der Waals surface area (Å²) < 4.78 is 0. The topological polar surface area (TPSA) is 32.3 Å². The number of hydrogen-bond acceptors (Lipinski definition) is 1. The lowest BCUT2D eigenvalue weighted by molar-refractivity contribution is 0.197. The Balaban J connectivity index is 1.89. The van der Waals surface area contributed by atoms with Gasteiger partial charge in [-0.1, -0.05) is 40.5 Å². The third kappa shape index (κ3) is 2.16. The second-order valence-corrected chi connectivity index (χ2v) is 6.73. The highest BCUT2D eigenvalue weighted by atomic mass is 16.2. The van der Waals surface area contributed by atoms with Crippen molar-refractivity contribution in [2.45, 2.75) is 59.4 Å². The van der Waals surface area contributed by atoms with Gasteiger partial charge in [-0.15, -0.1) is 0 Å². The molecule has 1 heterocycles. The van der Waals surface area contributed by atoms with Crippen molar-refractivity contribution in [3.63, 3.8) is 0 Å². The summed E-state index contributed by atoms with van der Waals surface area (Å²) in [5, 5.41) is 3.22. The largest absolute Gasteiger partial charge is 0.334 e. The molecule has 2 rings (SSSR count). The monoisotopic (exact) mass is 238 g/mol. The van der Waals surface area contributed by atoms with Crippen molar-refractivity contribution in [3.05, 3.63) is 0 Å². The van der Waals surface area contributed by atoms with Crippen LogP contribution in [0.4, 0.5) is 4.79 Å². The molecule has 1 aliphatic carbocycles. The lowest BCUT2D eigenvalue weighted by atomic mass is 10.0. The molecule has 0 bridgehead atoms. The van der Waals surface area contributed by atoms with Gasteiger partial charge in [-0.2, -0.15) is 0 Å². The van der Waals surface area contributed by atoms with Crippen LogP contribution in [0, 0.1) is 10.8 Å². The Kier molecular flexibility index (Phi) is 3.13. The molecule has 0 unspecified atom stereocenters. The Labute approximate surface area is 105 Å². The molecular formula is C14H26N2O. The van der Waals surface area contributed by atoms with Crippen LogP contribution < -0.4 is 5.32 Å². The molecule has 1 saturated heterocycles. The zero-order valence-electron chi connectivity index (χ0n) is 11.7. The minimum absolute atomic E-state index is 0.149. The van der Waals surface area contributed by atoms with E-state index in [4.69, 9.17) is 0 Å². The molecule has 3 heteroatoms. The quantitative estimate of drug-likeness (QED) is 0.748. The zero-order chi connectivity index (χ0) is 12.7. The van der Waals surface area contributed by atoms with Crippen LogP contribution >= 0.6 is 0 Å². The second-order valence-electron chi connectivity index (χ2n) is 6.73. The van der Waals surface area contributed by atoms with Gasteiger partial charge < -0.3 is 10.2 Å². The van der Waals surface area contributed by atoms with Crippen molar-refractivity contribution < 1.29 is 4.79 Å². The number of nitrogens with zero attached hydrogens (tertiary/aromatic N) is 1. The molecule has 0 radical (unpaired) electrons. The Morgan fingerprint density at radius 2 is 1.47 bits per heavy atom. The third-order valence-corrected chi connectivity index (χ3v) is 5.18. The van der Waals surface area contributed by atoms with Gasteiger partial charge in [0.1, 0.15) is 0 Å². The van der Waals surface area contributed by atoms with Crippen molar-refractivity contribution in [2.75, 3.05) is 13.1 Å². The number of rotatable bonds is 1. The van der Waals surface area contributed by atoms with E-state index in [1.165, 1.54) is 12.8 Å². The number of hydrogen-bond donors (Lipinski definition) is 1. The van der Waals surface area contributed by atoms with Gasteiger partial charge in [0, 0.05) is 19.1 Å². The molecule has 0 aromatic rings. The van der Waals surface area contributed by atoms with E-state index in [0.29, 0.717) is 6.04 Å². The standard InChI is InChI=1S/C14H26N2O/c1-13(2)11(14(13,3)4)15-12(17)16-9-7-5-6-8-10-16/h11H,5-10H2,1-4H3,(H,15,17). The number of amides is 2. The van der Waals surface area contributed by atoms with Crippen LogP contribution in [0.15, 0.2) is 0 Å². The molecule has 2 fully saturated rings. The summed E-state index contributed by atoms with van der Waals surface area (Å²) in [5.74, 6) is 0. The van der Waals surface area contributed by atoms with Crippen LogP contribution in [0.2, 0.25) is 0 Å². The van der Waals surface area contributed by atoms with Crippen molar-refractivity contribution >= 4 is 6.03 Å². The molecule has 2 aliphatic rings. The molecule has 1 aliphatic heterocycles. The molecule has 0 aromatic carbocycles. The van der Waals surface area contributed by atoms with E-state index in [2.05, 4.69) is 33.0 Å². The molecule has 1 saturated carbocycles. The highest BCUT2D eigenvalue weighted by Gasteiger charge is 2.65. The number of carbonyl (C=O) groups excluding carboxylic acids is 1. The van der Waals surface area contributed by atoms with E-state index in [-0.39, 0.29) is 16.9 Å². The highest BCUT2D eigenvalue weighted by Crippen LogP contribution is 2.62. The molecule has 1 N–H and O–H groups in total. The number of urea groups is 1. The van der Waals surface area contributed by atoms with Crippen LogP contribution in [0.1, 0.15) is 53.4 Å². The summed E-state index contributed by atoms with van der Waals surface area (Å²) in [6, 6.07) is 0.473. The van der Waals surface area contributed by atoms with Crippen molar-refractivity contribution in [3.8, 4) is 0 Å². The molecule has 0 aromatic heterocycles. The maximum atomic E-state index is 12.2. The van der Waals surface area contributed by atoms with Crippen LogP contribution in [0.5, 0.6) is 0 Å². The van der Waals surface area contributed by atoms with E-state index in [9.17, 15) is 4.79 Å². The third-order valence-electron chi connectivity index (χ3n) is 5.18. The van der Waals surface area contributed by atoms with Gasteiger partial charge in [0.25, 0.3) is 0 Å². The van der Waals surface area contributed by atoms with Crippen LogP contribution in [0.25, 0.3) is 0 Å². The Morgan fingerprint density at radius 3 is 1.88 bits per heavy atom. The minimum atomic E-state index is 0.149. The Hall–Kier alpha value is -0.730. The smallest absolute Gasteiger partial charge is 0.317 e. The van der Waals surface area contributed by atoms with Gasteiger partial charge in [0.15, 0.2) is 0 Å². The lowest BCUT2D eigenvalue weighted by Crippen LogP contribution is -2.43. The molecule has 3 nitrogen and oxygen atoms in total. The molecule has 0 atom stereocenters. The fourth-order valence-electron chi connectivity index (χ4n) is 3.05. The van der Waals surface area contributed by atoms with Crippen LogP contribution in [-0.4, -0.2) is 30.1 Å². The Morgan fingerprint density at radius 1 is 1.00 bits per heavy atom. The van der Waals surface area contributed by atoms with E-state index >= 15 is 0 Å². The van der Waals surface area contributed by atoms with E-state index in [1.54, 1.807) is 0 Å². The van der Waals surface area contributed by atoms with Gasteiger partial charge in [-0.25, -0.2) is 4.79 Å². The molecule has 2 amide bonds. The van der Waals surface area contributed by atoms with E-state index in [0.717, 1.165) is 25.9 Å². The predicted octanol–water partition coefficient (Wildman–Crippen LogP) is 3.01. The first kappa shape index (κ1) is 12.7. The average molecular weight is 238 g/mol. The maximum Gasteiger partial charge on any atom is 0.317 e. The summed E-state index contributed by atoms with van der Waals surface area (Å²) in [5.41, 5.74) is 0.461. The zero-order valence-corrected chi connectivity index (χ0v) is 11.7. The van der Waals surface area contributed by atoms with Gasteiger partial charge in [-0.05, 0) is 23.7 Å². The SMILES string of the molecule is CC1(C)C(NC(=O)N2CCCCCC2)C1(C)C. The minimum Gasteiger partial charge on any atom is -0.334 e. The normalized spacial score (nSPS) is 27.4. The van der Waals surface area contributed by atoms with Crippen molar-refractivity contribution in [1.82, 2.24) is 10.2 Å². The van der Waals surface area contributed by atoms with Gasteiger partial charge >= 0.3 is 6.03 Å². The maximum absolute atomic E-state index is 12.2. The predicted molar refractivity (Wildman–Crippen MR) is 69.9 cm³/mol. The van der Waals surface area contributed by atoms with Crippen molar-refractivity contribution in [2.24, 2.45) is 10.8 Å². The van der Waals surface area contributed by atoms with Gasteiger partial charge in [0.05, 0.1) is 0 Å². The summed E-state index contributed by atoms with van der Waals surface area (Å²) in [6.45, 7) is 10.8. The van der Waals surface area contributed by atoms with Crippen molar-refractivity contribution in [1.29, 1.82) is 0 Å². The summed E-state index contributed by atoms with van der Waals surface area (Å²) >= 11 is 0. The fourth-order valence-corrected chi connectivity index (χ4v) is 3.05. The first-order valence-electron chi connectivity index (χ1n) is 6.93. The number of carbonyl (C=O) groups is 1. The molecule has 17 heavy (non-hydrogen) atoms. The van der Waals surface area contributed by atoms with Gasteiger partial charge in [-0.3, -0.25) is 0 Å². The number of nitrogens with one attached hydrogen (secondary N) is 1. The van der Waals surface area contributed by atoms with E-state index < -0.39 is 0 Å². The highest BCUT2D eigenvalue weighted by molar-refractivity contribution is 5.75. The molecule has 0 spiro atoms. The molecule has 98 valence electrons. The second kappa shape index (κ2) is 4.18. The fraction of sp³-hybridized carbons (Fsp3) is 0.929. The number of likely N-dealkylation sites (tertiary alicyclic amines) is 1. The van der Waals surface area contributed by atoms with E-state index in [1.807, 2.05) is 4.90 Å². The first-order chi connectivity index (χ1) is 7.87. The summed E-state index contributed by atoms with van der Waals surface area (Å²) in [7, 11) is 0. The van der Waals surface area contributed by atoms with Crippen LogP contribution in [-0.2, 0) is 0 Å². The summed E-state index contributed by atoms with van der Waals surface area (Å²) in [4.78, 5) is 14.2. The Bertz CT molecular complexity index is 287. The average Bonchev–Trinajstić information content (AvgIpc) is 2.79. The lowest BCUT2D eigenvalue weighted by Gasteiger charge is -2.21. The first-order valence-corrected chi connectivity index (χ1v) is 6.93. The van der Waals surface area contributed by atoms with Crippen LogP contribution in [0.3, 0.4) is 0 Å². The summed E-state index contributed by atoms with van der Waals surface area (Å²) in [6.07, 6.45) is 4.85.